The van der Waals surface area contributed by atoms with Crippen molar-refractivity contribution in [3.05, 3.63) is 69.3 Å². The van der Waals surface area contributed by atoms with E-state index in [2.05, 4.69) is 0 Å². The zero-order chi connectivity index (χ0) is 25.1. The first-order chi connectivity index (χ1) is 16.8. The van der Waals surface area contributed by atoms with E-state index in [1.165, 1.54) is 12.1 Å². The molecule has 0 unspecified atom stereocenters. The van der Waals surface area contributed by atoms with Crippen LogP contribution in [0.4, 0.5) is 4.39 Å². The van der Waals surface area contributed by atoms with Crippen molar-refractivity contribution in [3.8, 4) is 11.5 Å². The monoisotopic (exact) mass is 483 g/mol. The minimum Gasteiger partial charge on any atom is -0.490 e. The molecule has 7 nitrogen and oxygen atoms in total. The minimum atomic E-state index is -0.713. The number of fused-ring (bicyclic) bond motifs is 2. The summed E-state index contributed by atoms with van der Waals surface area (Å²) >= 11 is 0. The molecular formula is C27H30FNO6. The lowest BCUT2D eigenvalue weighted by Crippen LogP contribution is -2.31. The summed E-state index contributed by atoms with van der Waals surface area (Å²) in [6.07, 6.45) is 0.645. The van der Waals surface area contributed by atoms with E-state index in [1.807, 2.05) is 33.8 Å². The molecule has 35 heavy (non-hydrogen) atoms. The van der Waals surface area contributed by atoms with E-state index in [0.29, 0.717) is 49.8 Å². The van der Waals surface area contributed by atoms with Gasteiger partial charge < -0.3 is 23.5 Å². The van der Waals surface area contributed by atoms with Crippen LogP contribution in [-0.4, -0.2) is 43.3 Å². The van der Waals surface area contributed by atoms with Crippen molar-refractivity contribution in [2.24, 2.45) is 0 Å². The molecule has 0 saturated heterocycles. The van der Waals surface area contributed by atoms with Crippen LogP contribution in [0.15, 0.2) is 45.6 Å². The summed E-state index contributed by atoms with van der Waals surface area (Å²) < 4.78 is 36.9. The molecule has 8 heteroatoms. The molecule has 0 radical (unpaired) electrons. The number of amides is 1. The average Bonchev–Trinajstić information content (AvgIpc) is 3.10. The van der Waals surface area contributed by atoms with Crippen molar-refractivity contribution in [2.45, 2.75) is 46.3 Å². The lowest BCUT2D eigenvalue weighted by atomic mass is 9.98. The van der Waals surface area contributed by atoms with Gasteiger partial charge in [0, 0.05) is 13.2 Å². The maximum absolute atomic E-state index is 14.0. The maximum Gasteiger partial charge on any atom is 0.290 e. The Morgan fingerprint density at radius 3 is 2.49 bits per heavy atom. The van der Waals surface area contributed by atoms with Crippen LogP contribution in [0.2, 0.25) is 0 Å². The first-order valence-electron chi connectivity index (χ1n) is 11.9. The van der Waals surface area contributed by atoms with E-state index in [-0.39, 0.29) is 34.3 Å². The number of halogens is 1. The maximum atomic E-state index is 14.0. The highest BCUT2D eigenvalue weighted by Crippen LogP contribution is 2.41. The Labute approximate surface area is 203 Å². The zero-order valence-electron chi connectivity index (χ0n) is 20.4. The molecule has 0 fully saturated rings. The van der Waals surface area contributed by atoms with E-state index >= 15 is 0 Å². The predicted molar refractivity (Wildman–Crippen MR) is 130 cm³/mol. The normalized spacial score (nSPS) is 15.2. The second-order valence-electron chi connectivity index (χ2n) is 8.56. The summed E-state index contributed by atoms with van der Waals surface area (Å²) in [5.74, 6) is 0.146. The molecule has 1 atom stereocenters. The van der Waals surface area contributed by atoms with E-state index < -0.39 is 17.3 Å². The summed E-state index contributed by atoms with van der Waals surface area (Å²) in [6.45, 7) is 9.34. The fourth-order valence-corrected chi connectivity index (χ4v) is 4.36. The highest BCUT2D eigenvalue weighted by molar-refractivity contribution is 5.99. The number of carbonyl (C=O) groups excluding carboxylic acids is 1. The Balaban J connectivity index is 1.84. The van der Waals surface area contributed by atoms with Crippen LogP contribution in [0.25, 0.3) is 11.0 Å². The van der Waals surface area contributed by atoms with Gasteiger partial charge in [-0.05, 0) is 70.0 Å². The molecule has 0 saturated carbocycles. The number of ether oxygens (including phenoxy) is 3. The fraction of sp³-hybridized carbons (Fsp3) is 0.407. The van der Waals surface area contributed by atoms with Crippen LogP contribution in [-0.2, 0) is 4.74 Å². The third-order valence-electron chi connectivity index (χ3n) is 5.81. The molecule has 3 aromatic rings. The lowest BCUT2D eigenvalue weighted by Gasteiger charge is -2.26. The van der Waals surface area contributed by atoms with Crippen LogP contribution in [0.3, 0.4) is 0 Å². The van der Waals surface area contributed by atoms with Crippen molar-refractivity contribution < 1.29 is 27.8 Å². The van der Waals surface area contributed by atoms with Crippen LogP contribution in [0, 0.1) is 5.82 Å². The zero-order valence-corrected chi connectivity index (χ0v) is 20.4. The number of hydrogen-bond donors (Lipinski definition) is 0. The van der Waals surface area contributed by atoms with Gasteiger partial charge in [-0.15, -0.1) is 0 Å². The SMILES string of the molecule is CCOc1ccc([C@H]2c3c(oc4ccc(F)cc4c3=O)C(=O)N2CCCOC(C)C)cc1OCC. The van der Waals surface area contributed by atoms with Crippen LogP contribution < -0.4 is 14.9 Å². The summed E-state index contributed by atoms with van der Waals surface area (Å²) in [7, 11) is 0. The van der Waals surface area contributed by atoms with Gasteiger partial charge >= 0.3 is 0 Å². The van der Waals surface area contributed by atoms with Crippen molar-refractivity contribution >= 4 is 16.9 Å². The van der Waals surface area contributed by atoms with Gasteiger partial charge in [-0.25, -0.2) is 4.39 Å². The molecule has 2 heterocycles. The van der Waals surface area contributed by atoms with E-state index in [1.54, 1.807) is 17.0 Å². The van der Waals surface area contributed by atoms with Crippen LogP contribution in [0.5, 0.6) is 11.5 Å². The van der Waals surface area contributed by atoms with Gasteiger partial charge in [0.1, 0.15) is 11.4 Å². The summed E-state index contributed by atoms with van der Waals surface area (Å²) in [4.78, 5) is 28.6. The molecule has 0 aliphatic carbocycles. The summed E-state index contributed by atoms with van der Waals surface area (Å²) in [5, 5.41) is 0.0995. The van der Waals surface area contributed by atoms with Gasteiger partial charge in [-0.3, -0.25) is 9.59 Å². The first kappa shape index (κ1) is 24.7. The molecule has 4 rings (SSSR count). The molecular weight excluding hydrogens is 453 g/mol. The van der Waals surface area contributed by atoms with Crippen molar-refractivity contribution in [2.75, 3.05) is 26.4 Å². The van der Waals surface area contributed by atoms with Gasteiger partial charge in [-0.2, -0.15) is 0 Å². The molecule has 1 amide bonds. The molecule has 1 aliphatic heterocycles. The molecule has 0 N–H and O–H groups in total. The van der Waals surface area contributed by atoms with Crippen molar-refractivity contribution in [1.29, 1.82) is 0 Å². The quantitative estimate of drug-likeness (QED) is 0.374. The lowest BCUT2D eigenvalue weighted by molar-refractivity contribution is 0.0593. The molecule has 186 valence electrons. The van der Waals surface area contributed by atoms with Crippen LogP contribution >= 0.6 is 0 Å². The third-order valence-corrected chi connectivity index (χ3v) is 5.81. The number of rotatable bonds is 10. The Kier molecular flexibility index (Phi) is 7.40. The second kappa shape index (κ2) is 10.5. The van der Waals surface area contributed by atoms with Gasteiger partial charge in [0.05, 0.1) is 36.3 Å². The Hall–Kier alpha value is -3.39. The molecule has 0 spiro atoms. The molecule has 1 aliphatic rings. The van der Waals surface area contributed by atoms with Crippen molar-refractivity contribution in [3.63, 3.8) is 0 Å². The van der Waals surface area contributed by atoms with E-state index in [4.69, 9.17) is 18.6 Å². The minimum absolute atomic E-state index is 0.0178. The number of benzene rings is 2. The molecule has 1 aromatic heterocycles. The Morgan fingerprint density at radius 2 is 1.77 bits per heavy atom. The predicted octanol–water partition coefficient (Wildman–Crippen LogP) is 5.09. The average molecular weight is 484 g/mol. The smallest absolute Gasteiger partial charge is 0.290 e. The van der Waals surface area contributed by atoms with Gasteiger partial charge in [0.15, 0.2) is 16.9 Å². The number of carbonyl (C=O) groups is 1. The first-order valence-corrected chi connectivity index (χ1v) is 11.9. The standard InChI is InChI=1S/C27H30FNO6/c1-5-32-21-10-8-17(14-22(21)33-6-2)24-23-25(30)19-15-18(28)9-11-20(19)35-26(23)27(31)29(24)12-7-13-34-16(3)4/h8-11,14-16,24H,5-7,12-13H2,1-4H3/t24-/m0/s1. The third kappa shape index (κ3) is 4.89. The topological polar surface area (TPSA) is 78.2 Å². The second-order valence-corrected chi connectivity index (χ2v) is 8.56. The molecule has 2 aromatic carbocycles. The fourth-order valence-electron chi connectivity index (χ4n) is 4.36. The molecule has 0 bridgehead atoms. The number of nitrogens with zero attached hydrogens (tertiary/aromatic N) is 1. The van der Waals surface area contributed by atoms with Crippen LogP contribution in [0.1, 0.15) is 61.8 Å². The van der Waals surface area contributed by atoms with E-state index in [0.717, 1.165) is 6.07 Å². The number of hydrogen-bond acceptors (Lipinski definition) is 6. The Bertz CT molecular complexity index is 1280. The highest BCUT2D eigenvalue weighted by Gasteiger charge is 2.42. The largest absolute Gasteiger partial charge is 0.490 e. The highest BCUT2D eigenvalue weighted by atomic mass is 19.1. The van der Waals surface area contributed by atoms with Crippen molar-refractivity contribution in [1.82, 2.24) is 4.90 Å². The van der Waals surface area contributed by atoms with E-state index in [9.17, 15) is 14.0 Å². The van der Waals surface area contributed by atoms with Gasteiger partial charge in [0.25, 0.3) is 5.91 Å². The van der Waals surface area contributed by atoms with Gasteiger partial charge in [-0.1, -0.05) is 6.07 Å². The van der Waals surface area contributed by atoms with Gasteiger partial charge in [0.2, 0.25) is 5.76 Å². The summed E-state index contributed by atoms with van der Waals surface area (Å²) in [6, 6.07) is 8.38. The Morgan fingerprint density at radius 1 is 1.03 bits per heavy atom. The summed E-state index contributed by atoms with van der Waals surface area (Å²) in [5.41, 5.74) is 0.627.